The normalized spacial score (nSPS) is 16.7. The van der Waals surface area contributed by atoms with Crippen molar-refractivity contribution >= 4 is 16.9 Å². The van der Waals surface area contributed by atoms with Gasteiger partial charge in [0.2, 0.25) is 5.91 Å². The quantitative estimate of drug-likeness (QED) is 0.786. The number of rotatable bonds is 5. The van der Waals surface area contributed by atoms with Crippen LogP contribution in [0.4, 0.5) is 0 Å². The molecule has 5 nitrogen and oxygen atoms in total. The van der Waals surface area contributed by atoms with Gasteiger partial charge in [-0.25, -0.2) is 4.68 Å². The number of para-hydroxylation sites is 1. The summed E-state index contributed by atoms with van der Waals surface area (Å²) in [5, 5.41) is 11.5. The summed E-state index contributed by atoms with van der Waals surface area (Å²) in [4.78, 5) is 12.8. The molecular weight excluding hydrogens is 300 g/mol. The smallest absolute Gasteiger partial charge is 0.230 e. The average Bonchev–Trinajstić information content (AvgIpc) is 3.33. The Morgan fingerprint density at radius 1 is 1.17 bits per heavy atom. The van der Waals surface area contributed by atoms with Gasteiger partial charge in [0, 0.05) is 6.04 Å². The Labute approximate surface area is 140 Å². The first kappa shape index (κ1) is 14.9. The second-order valence-corrected chi connectivity index (χ2v) is 6.58. The first-order chi connectivity index (χ1) is 11.7. The van der Waals surface area contributed by atoms with Gasteiger partial charge in [-0.3, -0.25) is 4.79 Å². The number of aromatic nitrogens is 3. The van der Waals surface area contributed by atoms with Gasteiger partial charge in [0.25, 0.3) is 0 Å². The lowest BCUT2D eigenvalue weighted by Gasteiger charge is -2.20. The Morgan fingerprint density at radius 3 is 2.62 bits per heavy atom. The van der Waals surface area contributed by atoms with Crippen LogP contribution >= 0.6 is 0 Å². The first-order valence-corrected chi connectivity index (χ1v) is 8.34. The molecule has 1 atom stereocenters. The summed E-state index contributed by atoms with van der Waals surface area (Å²) in [6.45, 7) is 2.62. The maximum atomic E-state index is 12.8. The number of nitrogens with zero attached hydrogens (tertiary/aromatic N) is 3. The van der Waals surface area contributed by atoms with Gasteiger partial charge in [-0.1, -0.05) is 47.7 Å². The van der Waals surface area contributed by atoms with E-state index in [1.54, 1.807) is 0 Å². The van der Waals surface area contributed by atoms with E-state index >= 15 is 0 Å². The number of fused-ring (bicyclic) bond motifs is 1. The van der Waals surface area contributed by atoms with Crippen LogP contribution in [-0.2, 0) is 16.8 Å². The topological polar surface area (TPSA) is 59.8 Å². The Balaban J connectivity index is 1.46. The van der Waals surface area contributed by atoms with Crippen LogP contribution in [0, 0.1) is 0 Å². The van der Waals surface area contributed by atoms with Gasteiger partial charge in [0.05, 0.1) is 17.5 Å². The molecule has 0 saturated heterocycles. The molecule has 1 heterocycles. The third-order valence-electron chi connectivity index (χ3n) is 4.76. The molecule has 1 aliphatic carbocycles. The Morgan fingerprint density at radius 2 is 1.88 bits per heavy atom. The molecule has 24 heavy (non-hydrogen) atoms. The third-order valence-corrected chi connectivity index (χ3v) is 4.76. The summed E-state index contributed by atoms with van der Waals surface area (Å²) >= 11 is 0. The van der Waals surface area contributed by atoms with E-state index in [1.807, 2.05) is 66.2 Å². The van der Waals surface area contributed by atoms with Gasteiger partial charge in [0.15, 0.2) is 0 Å². The molecule has 0 aliphatic heterocycles. The van der Waals surface area contributed by atoms with Gasteiger partial charge < -0.3 is 5.32 Å². The summed E-state index contributed by atoms with van der Waals surface area (Å²) in [5.74, 6) is 0.116. The third kappa shape index (κ3) is 2.56. The molecule has 4 rings (SSSR count). The van der Waals surface area contributed by atoms with Gasteiger partial charge in [-0.05, 0) is 37.5 Å². The van der Waals surface area contributed by atoms with Crippen molar-refractivity contribution in [2.45, 2.75) is 37.8 Å². The molecule has 1 aromatic heterocycles. The van der Waals surface area contributed by atoms with Gasteiger partial charge in [-0.2, -0.15) is 0 Å². The fraction of sp³-hybridized carbons (Fsp3) is 0.316. The summed E-state index contributed by atoms with van der Waals surface area (Å²) < 4.78 is 1.85. The number of nitrogens with one attached hydrogen (secondary N) is 1. The predicted octanol–water partition coefficient (Wildman–Crippen LogP) is 2.67. The highest BCUT2D eigenvalue weighted by Crippen LogP contribution is 2.48. The second kappa shape index (κ2) is 5.74. The van der Waals surface area contributed by atoms with Crippen molar-refractivity contribution in [3.05, 3.63) is 60.2 Å². The molecule has 2 aromatic carbocycles. The zero-order chi connectivity index (χ0) is 16.6. The minimum Gasteiger partial charge on any atom is -0.351 e. The SMILES string of the molecule is C[C@@H](Cn1nnc2ccccc21)NC(=O)C1(c2ccccc2)CC1. The van der Waals surface area contributed by atoms with E-state index < -0.39 is 0 Å². The van der Waals surface area contributed by atoms with Crippen LogP contribution in [0.1, 0.15) is 25.3 Å². The molecule has 1 fully saturated rings. The molecule has 0 spiro atoms. The number of carbonyl (C=O) groups is 1. The number of benzene rings is 2. The molecule has 5 heteroatoms. The van der Waals surface area contributed by atoms with E-state index in [9.17, 15) is 4.79 Å². The lowest BCUT2D eigenvalue weighted by atomic mass is 9.95. The highest BCUT2D eigenvalue weighted by molar-refractivity contribution is 5.91. The molecule has 1 aliphatic rings. The Hall–Kier alpha value is -2.69. The maximum Gasteiger partial charge on any atom is 0.230 e. The van der Waals surface area contributed by atoms with Crippen LogP contribution in [0.5, 0.6) is 0 Å². The molecule has 0 bridgehead atoms. The number of carbonyl (C=O) groups excluding carboxylic acids is 1. The summed E-state index contributed by atoms with van der Waals surface area (Å²) in [6, 6.07) is 17.9. The molecule has 3 aromatic rings. The number of hydrogen-bond acceptors (Lipinski definition) is 3. The zero-order valence-corrected chi connectivity index (χ0v) is 13.6. The Bertz CT molecular complexity index is 867. The van der Waals surface area contributed by atoms with Gasteiger partial charge >= 0.3 is 0 Å². The highest BCUT2D eigenvalue weighted by atomic mass is 16.2. The number of hydrogen-bond donors (Lipinski definition) is 1. The van der Waals surface area contributed by atoms with Crippen LogP contribution in [0.3, 0.4) is 0 Å². The van der Waals surface area contributed by atoms with Crippen LogP contribution in [0.25, 0.3) is 11.0 Å². The number of amides is 1. The summed E-state index contributed by atoms with van der Waals surface area (Å²) in [6.07, 6.45) is 1.84. The standard InChI is InChI=1S/C19H20N4O/c1-14(13-23-17-10-6-5-9-16(17)21-22-23)20-18(24)19(11-12-19)15-7-3-2-4-8-15/h2-10,14H,11-13H2,1H3,(H,20,24)/t14-/m0/s1. The van der Waals surface area contributed by atoms with Crippen molar-refractivity contribution in [1.82, 2.24) is 20.3 Å². The van der Waals surface area contributed by atoms with Crippen molar-refractivity contribution < 1.29 is 4.79 Å². The van der Waals surface area contributed by atoms with E-state index in [0.29, 0.717) is 6.54 Å². The fourth-order valence-corrected chi connectivity index (χ4v) is 3.25. The minimum absolute atomic E-state index is 0.0104. The molecule has 0 radical (unpaired) electrons. The predicted molar refractivity (Wildman–Crippen MR) is 92.5 cm³/mol. The zero-order valence-electron chi connectivity index (χ0n) is 13.6. The maximum absolute atomic E-state index is 12.8. The first-order valence-electron chi connectivity index (χ1n) is 8.34. The van der Waals surface area contributed by atoms with Crippen LogP contribution in [-0.4, -0.2) is 26.9 Å². The fourth-order valence-electron chi connectivity index (χ4n) is 3.25. The summed E-state index contributed by atoms with van der Waals surface area (Å²) in [5.41, 5.74) is 2.64. The van der Waals surface area contributed by atoms with E-state index in [1.165, 1.54) is 0 Å². The monoisotopic (exact) mass is 320 g/mol. The molecule has 1 amide bonds. The summed E-state index contributed by atoms with van der Waals surface area (Å²) in [7, 11) is 0. The second-order valence-electron chi connectivity index (χ2n) is 6.58. The van der Waals surface area contributed by atoms with E-state index in [-0.39, 0.29) is 17.4 Å². The van der Waals surface area contributed by atoms with E-state index in [2.05, 4.69) is 15.6 Å². The van der Waals surface area contributed by atoms with Crippen LogP contribution < -0.4 is 5.32 Å². The van der Waals surface area contributed by atoms with Gasteiger partial charge in [-0.15, -0.1) is 5.10 Å². The van der Waals surface area contributed by atoms with Crippen molar-refractivity contribution in [2.75, 3.05) is 0 Å². The lowest BCUT2D eigenvalue weighted by Crippen LogP contribution is -2.42. The minimum atomic E-state index is -0.333. The molecular formula is C19H20N4O. The average molecular weight is 320 g/mol. The van der Waals surface area contributed by atoms with Crippen LogP contribution in [0.2, 0.25) is 0 Å². The van der Waals surface area contributed by atoms with Gasteiger partial charge in [0.1, 0.15) is 5.52 Å². The van der Waals surface area contributed by atoms with Crippen molar-refractivity contribution in [2.24, 2.45) is 0 Å². The lowest BCUT2D eigenvalue weighted by molar-refractivity contribution is -0.124. The largest absolute Gasteiger partial charge is 0.351 e. The van der Waals surface area contributed by atoms with Crippen molar-refractivity contribution in [3.63, 3.8) is 0 Å². The van der Waals surface area contributed by atoms with E-state index in [0.717, 1.165) is 29.4 Å². The van der Waals surface area contributed by atoms with Crippen molar-refractivity contribution in [1.29, 1.82) is 0 Å². The van der Waals surface area contributed by atoms with E-state index in [4.69, 9.17) is 0 Å². The molecule has 0 unspecified atom stereocenters. The molecule has 122 valence electrons. The molecule has 1 saturated carbocycles. The highest BCUT2D eigenvalue weighted by Gasteiger charge is 2.51. The Kier molecular flexibility index (Phi) is 3.56. The van der Waals surface area contributed by atoms with Crippen molar-refractivity contribution in [3.8, 4) is 0 Å². The molecule has 1 N–H and O–H groups in total. The van der Waals surface area contributed by atoms with Crippen LogP contribution in [0.15, 0.2) is 54.6 Å².